The van der Waals surface area contributed by atoms with Crippen molar-refractivity contribution in [2.45, 2.75) is 6.54 Å². The molecule has 98 valence electrons. The number of nitrogens with zero attached hydrogens (tertiary/aromatic N) is 3. The number of carbonyl (C=O) groups excluding carboxylic acids is 2. The summed E-state index contributed by atoms with van der Waals surface area (Å²) in [5.41, 5.74) is 5.62. The van der Waals surface area contributed by atoms with Crippen molar-refractivity contribution in [1.82, 2.24) is 14.8 Å². The average Bonchev–Trinajstić information content (AvgIpc) is 2.76. The van der Waals surface area contributed by atoms with Gasteiger partial charge in [-0.15, -0.1) is 0 Å². The van der Waals surface area contributed by atoms with Crippen LogP contribution >= 0.6 is 0 Å². The van der Waals surface area contributed by atoms with Crippen LogP contribution in [0.25, 0.3) is 0 Å². The molecule has 0 aromatic carbocycles. The molecule has 2 heterocycles. The Kier molecular flexibility index (Phi) is 3.51. The third-order valence-corrected chi connectivity index (χ3v) is 2.20. The van der Waals surface area contributed by atoms with Crippen molar-refractivity contribution in [2.24, 2.45) is 5.73 Å². The number of nitrogens with one attached hydrogen (secondary N) is 1. The highest BCUT2D eigenvalue weighted by atomic mass is 19.1. The number of halogens is 1. The molecule has 3 N–H and O–H groups in total. The van der Waals surface area contributed by atoms with Gasteiger partial charge < -0.3 is 11.1 Å². The van der Waals surface area contributed by atoms with Gasteiger partial charge in [-0.1, -0.05) is 0 Å². The van der Waals surface area contributed by atoms with Crippen LogP contribution in [-0.2, 0) is 11.3 Å². The smallest absolute Gasteiger partial charge is 0.257 e. The number of hydrogen-bond donors (Lipinski definition) is 2. The second kappa shape index (κ2) is 5.25. The van der Waals surface area contributed by atoms with E-state index in [1.807, 2.05) is 0 Å². The van der Waals surface area contributed by atoms with E-state index in [-0.39, 0.29) is 12.1 Å². The lowest BCUT2D eigenvalue weighted by Gasteiger charge is -2.01. The first-order valence-electron chi connectivity index (χ1n) is 5.28. The number of anilines is 1. The van der Waals surface area contributed by atoms with Crippen LogP contribution in [0.4, 0.5) is 10.1 Å². The molecule has 8 heteroatoms. The maximum atomic E-state index is 12.6. The normalized spacial score (nSPS) is 10.2. The number of rotatable bonds is 4. The van der Waals surface area contributed by atoms with Crippen molar-refractivity contribution >= 4 is 17.5 Å². The Morgan fingerprint density at radius 1 is 1.37 bits per heavy atom. The molecular formula is C11H10FN5O2. The van der Waals surface area contributed by atoms with E-state index in [2.05, 4.69) is 15.4 Å². The van der Waals surface area contributed by atoms with E-state index in [4.69, 9.17) is 5.73 Å². The largest absolute Gasteiger partial charge is 0.368 e. The first-order valence-corrected chi connectivity index (χ1v) is 5.28. The van der Waals surface area contributed by atoms with Crippen LogP contribution in [0.15, 0.2) is 30.7 Å². The van der Waals surface area contributed by atoms with Crippen molar-refractivity contribution < 1.29 is 14.0 Å². The van der Waals surface area contributed by atoms with Gasteiger partial charge in [0.1, 0.15) is 6.54 Å². The van der Waals surface area contributed by atoms with Crippen molar-refractivity contribution in [3.63, 3.8) is 0 Å². The molecule has 0 saturated heterocycles. The van der Waals surface area contributed by atoms with Crippen LogP contribution in [-0.4, -0.2) is 26.6 Å². The summed E-state index contributed by atoms with van der Waals surface area (Å²) in [4.78, 5) is 25.8. The van der Waals surface area contributed by atoms with Gasteiger partial charge in [0.05, 0.1) is 17.4 Å². The molecular weight excluding hydrogens is 253 g/mol. The van der Waals surface area contributed by atoms with E-state index in [0.29, 0.717) is 5.69 Å². The van der Waals surface area contributed by atoms with Gasteiger partial charge in [-0.2, -0.15) is 9.49 Å². The molecule has 2 aromatic heterocycles. The maximum Gasteiger partial charge on any atom is 0.257 e. The fraction of sp³-hybridized carbons (Fsp3) is 0.0909. The SMILES string of the molecule is NC(=O)Cn1cc(NC(=O)c2ccc(F)nc2)cn1. The van der Waals surface area contributed by atoms with E-state index in [1.54, 1.807) is 0 Å². The Morgan fingerprint density at radius 2 is 2.16 bits per heavy atom. The van der Waals surface area contributed by atoms with Gasteiger partial charge in [-0.05, 0) is 12.1 Å². The van der Waals surface area contributed by atoms with Gasteiger partial charge >= 0.3 is 0 Å². The molecule has 0 saturated carbocycles. The Morgan fingerprint density at radius 3 is 2.79 bits per heavy atom. The summed E-state index contributed by atoms with van der Waals surface area (Å²) in [6.45, 7) is -0.0754. The van der Waals surface area contributed by atoms with E-state index >= 15 is 0 Å². The number of nitrogens with two attached hydrogens (primary N) is 1. The first kappa shape index (κ1) is 12.7. The number of hydrogen-bond acceptors (Lipinski definition) is 4. The van der Waals surface area contributed by atoms with Crippen LogP contribution in [0.2, 0.25) is 0 Å². The highest BCUT2D eigenvalue weighted by Gasteiger charge is 2.08. The van der Waals surface area contributed by atoms with E-state index in [0.717, 1.165) is 12.3 Å². The van der Waals surface area contributed by atoms with E-state index < -0.39 is 17.8 Å². The van der Waals surface area contributed by atoms with Gasteiger partial charge in [0.25, 0.3) is 5.91 Å². The zero-order chi connectivity index (χ0) is 13.8. The molecule has 0 aliphatic rings. The quantitative estimate of drug-likeness (QED) is 0.766. The van der Waals surface area contributed by atoms with Crippen LogP contribution in [0.3, 0.4) is 0 Å². The molecule has 2 aromatic rings. The third kappa shape index (κ3) is 3.35. The lowest BCUT2D eigenvalue weighted by molar-refractivity contribution is -0.118. The summed E-state index contributed by atoms with van der Waals surface area (Å²) in [6.07, 6.45) is 3.95. The Hall–Kier alpha value is -2.77. The molecule has 7 nitrogen and oxygen atoms in total. The summed E-state index contributed by atoms with van der Waals surface area (Å²) in [5, 5.41) is 6.38. The van der Waals surface area contributed by atoms with Gasteiger partial charge in [-0.3, -0.25) is 14.3 Å². The topological polar surface area (TPSA) is 103 Å². The summed E-state index contributed by atoms with van der Waals surface area (Å²) in [5.74, 6) is -1.65. The molecule has 0 aliphatic heterocycles. The summed E-state index contributed by atoms with van der Waals surface area (Å²) in [6, 6.07) is 2.40. The molecule has 19 heavy (non-hydrogen) atoms. The Labute approximate surface area is 107 Å². The van der Waals surface area contributed by atoms with E-state index in [9.17, 15) is 14.0 Å². The van der Waals surface area contributed by atoms with Crippen LogP contribution in [0.1, 0.15) is 10.4 Å². The van der Waals surface area contributed by atoms with Crippen molar-refractivity contribution in [3.05, 3.63) is 42.2 Å². The summed E-state index contributed by atoms with van der Waals surface area (Å²) < 4.78 is 13.9. The highest BCUT2D eigenvalue weighted by molar-refractivity contribution is 6.03. The van der Waals surface area contributed by atoms with Gasteiger partial charge in [0.2, 0.25) is 11.9 Å². The second-order valence-electron chi connectivity index (χ2n) is 3.72. The monoisotopic (exact) mass is 263 g/mol. The van der Waals surface area contributed by atoms with Gasteiger partial charge in [-0.25, -0.2) is 4.98 Å². The summed E-state index contributed by atoms with van der Waals surface area (Å²) >= 11 is 0. The predicted octanol–water partition coefficient (Wildman–Crippen LogP) is 0.155. The fourth-order valence-corrected chi connectivity index (χ4v) is 1.39. The van der Waals surface area contributed by atoms with Crippen molar-refractivity contribution in [1.29, 1.82) is 0 Å². The Bertz CT molecular complexity index is 608. The second-order valence-corrected chi connectivity index (χ2v) is 3.72. The zero-order valence-electron chi connectivity index (χ0n) is 9.71. The standard InChI is InChI=1S/C11H10FN5O2/c12-9-2-1-7(3-14-9)11(19)16-8-4-15-17(5-8)6-10(13)18/h1-5H,6H2,(H2,13,18)(H,16,19). The molecule has 0 spiro atoms. The van der Waals surface area contributed by atoms with E-state index in [1.165, 1.54) is 23.1 Å². The first-order chi connectivity index (χ1) is 9.04. The Balaban J connectivity index is 2.04. The zero-order valence-corrected chi connectivity index (χ0v) is 9.71. The minimum atomic E-state index is -0.661. The van der Waals surface area contributed by atoms with Gasteiger partial charge in [0, 0.05) is 12.4 Å². The van der Waals surface area contributed by atoms with Crippen LogP contribution in [0.5, 0.6) is 0 Å². The number of aromatic nitrogens is 3. The number of amides is 2. The third-order valence-electron chi connectivity index (χ3n) is 2.20. The molecule has 0 radical (unpaired) electrons. The number of carbonyl (C=O) groups is 2. The number of primary amides is 1. The molecule has 0 fully saturated rings. The molecule has 0 atom stereocenters. The molecule has 2 rings (SSSR count). The maximum absolute atomic E-state index is 12.6. The minimum Gasteiger partial charge on any atom is -0.368 e. The van der Waals surface area contributed by atoms with Crippen molar-refractivity contribution in [2.75, 3.05) is 5.32 Å². The molecule has 2 amide bonds. The predicted molar refractivity (Wildman–Crippen MR) is 63.6 cm³/mol. The molecule has 0 bridgehead atoms. The lowest BCUT2D eigenvalue weighted by Crippen LogP contribution is -2.18. The molecule has 0 unspecified atom stereocenters. The van der Waals surface area contributed by atoms with Crippen LogP contribution in [0, 0.1) is 5.95 Å². The van der Waals surface area contributed by atoms with Crippen LogP contribution < -0.4 is 11.1 Å². The average molecular weight is 263 g/mol. The fourth-order valence-electron chi connectivity index (χ4n) is 1.39. The molecule has 0 aliphatic carbocycles. The van der Waals surface area contributed by atoms with Crippen molar-refractivity contribution in [3.8, 4) is 0 Å². The highest BCUT2D eigenvalue weighted by Crippen LogP contribution is 2.08. The summed E-state index contributed by atoms with van der Waals surface area (Å²) in [7, 11) is 0. The number of pyridine rings is 1. The lowest BCUT2D eigenvalue weighted by atomic mass is 10.2. The van der Waals surface area contributed by atoms with Gasteiger partial charge in [0.15, 0.2) is 0 Å². The minimum absolute atomic E-state index is 0.0754.